The van der Waals surface area contributed by atoms with Gasteiger partial charge in [-0.25, -0.2) is 8.42 Å². The molecule has 2 amide bonds. The molecule has 0 aliphatic heterocycles. The van der Waals surface area contributed by atoms with Gasteiger partial charge in [0.1, 0.15) is 12.6 Å². The Kier molecular flexibility index (Phi) is 9.22. The van der Waals surface area contributed by atoms with Crippen molar-refractivity contribution in [1.29, 1.82) is 0 Å². The highest BCUT2D eigenvalue weighted by Crippen LogP contribution is 2.32. The van der Waals surface area contributed by atoms with E-state index < -0.39 is 40.3 Å². The second-order valence-electron chi connectivity index (χ2n) is 9.24. The molecule has 3 rings (SSSR count). The number of benzene rings is 2. The van der Waals surface area contributed by atoms with E-state index in [0.29, 0.717) is 10.4 Å². The van der Waals surface area contributed by atoms with Gasteiger partial charge in [0.15, 0.2) is 0 Å². The number of alkyl halides is 3. The standard InChI is InChI=1S/C26H32F3N3O4S/c1-3-23(25(34)30-21-13-7-8-14-21)31(17-19-10-5-4-6-11-19)24(33)18-32(37(2,35)36)22-15-9-12-20(16-22)26(27,28)29/h4-6,9-12,15-16,21,23H,3,7-8,13-14,17-18H2,1-2H3,(H,30,34)/t23-/m0/s1. The zero-order valence-electron chi connectivity index (χ0n) is 20.9. The lowest BCUT2D eigenvalue weighted by atomic mass is 10.1. The molecular weight excluding hydrogens is 507 g/mol. The zero-order valence-corrected chi connectivity index (χ0v) is 21.7. The summed E-state index contributed by atoms with van der Waals surface area (Å²) in [7, 11) is -4.14. The first kappa shape index (κ1) is 28.5. The van der Waals surface area contributed by atoms with E-state index in [4.69, 9.17) is 0 Å². The van der Waals surface area contributed by atoms with E-state index in [1.165, 1.54) is 11.0 Å². The minimum atomic E-state index is -4.69. The third kappa shape index (κ3) is 7.70. The Labute approximate surface area is 215 Å². The minimum absolute atomic E-state index is 0.0212. The summed E-state index contributed by atoms with van der Waals surface area (Å²) in [6.45, 7) is 1.04. The average molecular weight is 540 g/mol. The molecule has 1 N–H and O–H groups in total. The second kappa shape index (κ2) is 12.0. The van der Waals surface area contributed by atoms with Gasteiger partial charge in [0.25, 0.3) is 0 Å². The normalized spacial score (nSPS) is 15.3. The molecule has 7 nitrogen and oxygen atoms in total. The van der Waals surface area contributed by atoms with E-state index in [-0.39, 0.29) is 30.6 Å². The maximum atomic E-state index is 13.6. The first-order valence-corrected chi connectivity index (χ1v) is 14.0. The van der Waals surface area contributed by atoms with Crippen molar-refractivity contribution in [3.63, 3.8) is 0 Å². The van der Waals surface area contributed by atoms with E-state index >= 15 is 0 Å². The molecule has 1 aliphatic rings. The fourth-order valence-corrected chi connectivity index (χ4v) is 5.36. The van der Waals surface area contributed by atoms with Crippen molar-refractivity contribution >= 4 is 27.5 Å². The Bertz CT molecular complexity index is 1180. The number of rotatable bonds is 10. The smallest absolute Gasteiger partial charge is 0.352 e. The quantitative estimate of drug-likeness (QED) is 0.487. The third-order valence-electron chi connectivity index (χ3n) is 6.42. The van der Waals surface area contributed by atoms with Crippen LogP contribution in [0.25, 0.3) is 0 Å². The van der Waals surface area contributed by atoms with Crippen LogP contribution in [0, 0.1) is 0 Å². The Morgan fingerprint density at radius 2 is 1.70 bits per heavy atom. The highest BCUT2D eigenvalue weighted by atomic mass is 32.2. The number of hydrogen-bond acceptors (Lipinski definition) is 4. The summed E-state index contributed by atoms with van der Waals surface area (Å²) < 4.78 is 65.7. The summed E-state index contributed by atoms with van der Waals surface area (Å²) in [6.07, 6.45) is 0.141. The summed E-state index contributed by atoms with van der Waals surface area (Å²) in [6, 6.07) is 11.9. The number of halogens is 3. The highest BCUT2D eigenvalue weighted by Gasteiger charge is 2.35. The van der Waals surface area contributed by atoms with E-state index in [1.54, 1.807) is 37.3 Å². The fourth-order valence-electron chi connectivity index (χ4n) is 4.52. The van der Waals surface area contributed by atoms with Gasteiger partial charge in [0, 0.05) is 12.6 Å². The summed E-state index contributed by atoms with van der Waals surface area (Å²) in [4.78, 5) is 28.1. The van der Waals surface area contributed by atoms with Gasteiger partial charge in [-0.1, -0.05) is 56.2 Å². The van der Waals surface area contributed by atoms with E-state index in [1.807, 2.05) is 0 Å². The second-order valence-corrected chi connectivity index (χ2v) is 11.1. The molecule has 0 spiro atoms. The number of hydrogen-bond donors (Lipinski definition) is 1. The minimum Gasteiger partial charge on any atom is -0.352 e. The van der Waals surface area contributed by atoms with Crippen molar-refractivity contribution in [3.8, 4) is 0 Å². The van der Waals surface area contributed by atoms with Gasteiger partial charge in [-0.3, -0.25) is 13.9 Å². The first-order valence-electron chi connectivity index (χ1n) is 12.2. The van der Waals surface area contributed by atoms with Crippen molar-refractivity contribution in [2.45, 2.75) is 63.8 Å². The molecule has 0 heterocycles. The SMILES string of the molecule is CC[C@@H](C(=O)NC1CCCC1)N(Cc1ccccc1)C(=O)CN(c1cccc(C(F)(F)F)c1)S(C)(=O)=O. The summed E-state index contributed by atoms with van der Waals surface area (Å²) in [5.41, 5.74) is -0.587. The van der Waals surface area contributed by atoms with Crippen molar-refractivity contribution in [2.24, 2.45) is 0 Å². The zero-order chi connectivity index (χ0) is 27.2. The van der Waals surface area contributed by atoms with E-state index in [0.717, 1.165) is 49.6 Å². The van der Waals surface area contributed by atoms with E-state index in [9.17, 15) is 31.2 Å². The Morgan fingerprint density at radius 3 is 2.27 bits per heavy atom. The molecule has 2 aromatic carbocycles. The van der Waals surface area contributed by atoms with Crippen molar-refractivity contribution in [2.75, 3.05) is 17.1 Å². The molecule has 0 bridgehead atoms. The number of carbonyl (C=O) groups excluding carboxylic acids is 2. The van der Waals surface area contributed by atoms with Crippen LogP contribution in [0.1, 0.15) is 50.2 Å². The highest BCUT2D eigenvalue weighted by molar-refractivity contribution is 7.92. The molecule has 0 saturated heterocycles. The number of amides is 2. The predicted octanol–water partition coefficient (Wildman–Crippen LogP) is 4.34. The molecule has 202 valence electrons. The molecule has 1 aliphatic carbocycles. The van der Waals surface area contributed by atoms with Gasteiger partial charge in [0.05, 0.1) is 17.5 Å². The van der Waals surface area contributed by atoms with Crippen molar-refractivity contribution in [3.05, 3.63) is 65.7 Å². The van der Waals surface area contributed by atoms with Crippen LogP contribution in [0.2, 0.25) is 0 Å². The van der Waals surface area contributed by atoms with Gasteiger partial charge in [0.2, 0.25) is 21.8 Å². The molecule has 0 unspecified atom stereocenters. The number of carbonyl (C=O) groups is 2. The lowest BCUT2D eigenvalue weighted by molar-refractivity contribution is -0.140. The van der Waals surface area contributed by atoms with Crippen LogP contribution in [-0.2, 0) is 32.3 Å². The molecular formula is C26H32F3N3O4S. The van der Waals surface area contributed by atoms with Crippen LogP contribution in [-0.4, -0.2) is 50.0 Å². The van der Waals surface area contributed by atoms with Gasteiger partial charge in [-0.05, 0) is 43.0 Å². The summed E-state index contributed by atoms with van der Waals surface area (Å²) in [5.74, 6) is -1.02. The largest absolute Gasteiger partial charge is 0.416 e. The monoisotopic (exact) mass is 539 g/mol. The molecule has 0 aromatic heterocycles. The first-order chi connectivity index (χ1) is 17.4. The number of sulfonamides is 1. The number of nitrogens with one attached hydrogen (secondary N) is 1. The number of nitrogens with zero attached hydrogens (tertiary/aromatic N) is 2. The van der Waals surface area contributed by atoms with Crippen LogP contribution in [0.5, 0.6) is 0 Å². The molecule has 1 atom stereocenters. The Hall–Kier alpha value is -3.08. The summed E-state index contributed by atoms with van der Waals surface area (Å²) >= 11 is 0. The van der Waals surface area contributed by atoms with Crippen molar-refractivity contribution < 1.29 is 31.2 Å². The lowest BCUT2D eigenvalue weighted by Crippen LogP contribution is -2.53. The molecule has 2 aromatic rings. The van der Waals surface area contributed by atoms with Crippen LogP contribution in [0.15, 0.2) is 54.6 Å². The molecule has 1 saturated carbocycles. The fraction of sp³-hybridized carbons (Fsp3) is 0.462. The van der Waals surface area contributed by atoms with Crippen molar-refractivity contribution in [1.82, 2.24) is 10.2 Å². The van der Waals surface area contributed by atoms with Crippen LogP contribution in [0.4, 0.5) is 18.9 Å². The van der Waals surface area contributed by atoms with Gasteiger partial charge < -0.3 is 10.2 Å². The van der Waals surface area contributed by atoms with Crippen LogP contribution < -0.4 is 9.62 Å². The van der Waals surface area contributed by atoms with Crippen LogP contribution in [0.3, 0.4) is 0 Å². The lowest BCUT2D eigenvalue weighted by Gasteiger charge is -2.33. The summed E-state index contributed by atoms with van der Waals surface area (Å²) in [5, 5.41) is 3.00. The predicted molar refractivity (Wildman–Crippen MR) is 135 cm³/mol. The van der Waals surface area contributed by atoms with Gasteiger partial charge >= 0.3 is 6.18 Å². The molecule has 1 fully saturated rings. The Balaban J connectivity index is 1.93. The molecule has 0 radical (unpaired) electrons. The molecule has 37 heavy (non-hydrogen) atoms. The maximum absolute atomic E-state index is 13.6. The third-order valence-corrected chi connectivity index (χ3v) is 7.56. The topological polar surface area (TPSA) is 86.8 Å². The van der Waals surface area contributed by atoms with Gasteiger partial charge in [-0.2, -0.15) is 13.2 Å². The number of anilines is 1. The molecule has 11 heteroatoms. The van der Waals surface area contributed by atoms with Crippen LogP contribution >= 0.6 is 0 Å². The van der Waals surface area contributed by atoms with Gasteiger partial charge in [-0.15, -0.1) is 0 Å². The average Bonchev–Trinajstić information content (AvgIpc) is 3.34. The maximum Gasteiger partial charge on any atom is 0.416 e. The van der Waals surface area contributed by atoms with E-state index in [2.05, 4.69) is 5.32 Å². The Morgan fingerprint density at radius 1 is 1.05 bits per heavy atom.